The average molecular weight is 731 g/mol. The van der Waals surface area contributed by atoms with Crippen LogP contribution in [0.5, 0.6) is 0 Å². The van der Waals surface area contributed by atoms with Crippen LogP contribution >= 0.6 is 0 Å². The van der Waals surface area contributed by atoms with Gasteiger partial charge in [-0.15, -0.1) is 0 Å². The van der Waals surface area contributed by atoms with Crippen molar-refractivity contribution in [3.05, 3.63) is 70.8 Å². The van der Waals surface area contributed by atoms with Gasteiger partial charge in [0.2, 0.25) is 0 Å². The van der Waals surface area contributed by atoms with Crippen LogP contribution in [0.15, 0.2) is 48.5 Å². The number of nitrogens with zero attached hydrogens (tertiary/aromatic N) is 1. The van der Waals surface area contributed by atoms with Gasteiger partial charge >= 0.3 is 0 Å². The van der Waals surface area contributed by atoms with Gasteiger partial charge in [-0.1, -0.05) is 242 Å². The summed E-state index contributed by atoms with van der Waals surface area (Å²) in [6, 6.07) is 18.5. The van der Waals surface area contributed by atoms with E-state index in [4.69, 9.17) is 0 Å². The summed E-state index contributed by atoms with van der Waals surface area (Å²) in [7, 11) is 0. The number of hydrogen-bond donors (Lipinski definition) is 0. The molecule has 0 aliphatic carbocycles. The molecule has 0 bridgehead atoms. The highest BCUT2D eigenvalue weighted by Crippen LogP contribution is 2.27. The van der Waals surface area contributed by atoms with E-state index in [1.807, 2.05) is 0 Å². The Balaban J connectivity index is 1.76. The molecule has 0 aliphatic rings. The molecule has 304 valence electrons. The maximum Gasteiger partial charge on any atom is 0.105 e. The molecule has 0 N–H and O–H groups in total. The zero-order valence-electron chi connectivity index (χ0n) is 36.5. The molecule has 2 aromatic rings. The van der Waals surface area contributed by atoms with Crippen LogP contribution in [0.2, 0.25) is 0 Å². The van der Waals surface area contributed by atoms with E-state index < -0.39 is 0 Å². The minimum absolute atomic E-state index is 1.18. The quantitative estimate of drug-likeness (QED) is 0.0477. The Morgan fingerprint density at radius 2 is 0.528 bits per heavy atom. The molecule has 0 aliphatic heterocycles. The molecular weight excluding hydrogens is 639 g/mol. The number of rotatable bonds is 38. The third-order valence-electron chi connectivity index (χ3n) is 12.5. The number of benzene rings is 2. The topological polar surface area (TPSA) is 0 Å². The van der Waals surface area contributed by atoms with Gasteiger partial charge in [-0.3, -0.25) is 0 Å². The van der Waals surface area contributed by atoms with Crippen molar-refractivity contribution >= 4 is 0 Å². The standard InChI is InChI=1S/C52H92N/c1-5-7-9-11-13-15-17-19-21-23-25-27-29-31-33-39-45-53(47-51-43-37-35-41-49(51)3,48-52-44-38-36-42-50(52)4)46-40-34-32-30-28-26-24-22-20-18-16-14-12-10-8-6-2/h35-38,41-44H,5-34,39-40,45-48H2,1-4H3/q+1. The highest BCUT2D eigenvalue weighted by atomic mass is 15.3. The molecule has 0 saturated carbocycles. The van der Waals surface area contributed by atoms with E-state index in [0.29, 0.717) is 0 Å². The Morgan fingerprint density at radius 3 is 0.774 bits per heavy atom. The van der Waals surface area contributed by atoms with Gasteiger partial charge in [-0.2, -0.15) is 0 Å². The van der Waals surface area contributed by atoms with Gasteiger partial charge in [0, 0.05) is 11.1 Å². The Labute approximate surface area is 333 Å². The largest absolute Gasteiger partial charge is 0.316 e. The molecule has 1 nitrogen and oxygen atoms in total. The Kier molecular flexibility index (Phi) is 30.2. The van der Waals surface area contributed by atoms with Crippen LogP contribution in [-0.2, 0) is 13.1 Å². The number of hydrogen-bond acceptors (Lipinski definition) is 0. The van der Waals surface area contributed by atoms with Gasteiger partial charge in [-0.05, 0) is 50.7 Å². The second kappa shape index (κ2) is 33.7. The molecule has 0 aromatic heterocycles. The number of unbranched alkanes of at least 4 members (excludes halogenated alkanes) is 30. The van der Waals surface area contributed by atoms with E-state index in [2.05, 4.69) is 76.2 Å². The zero-order valence-corrected chi connectivity index (χ0v) is 36.5. The zero-order chi connectivity index (χ0) is 37.9. The Hall–Kier alpha value is -1.60. The van der Waals surface area contributed by atoms with E-state index in [0.717, 1.165) is 0 Å². The lowest BCUT2D eigenvalue weighted by Gasteiger charge is -2.40. The van der Waals surface area contributed by atoms with E-state index >= 15 is 0 Å². The molecule has 2 aromatic carbocycles. The molecule has 2 rings (SSSR count). The maximum absolute atomic E-state index is 2.42. The van der Waals surface area contributed by atoms with Gasteiger partial charge in [0.1, 0.15) is 13.1 Å². The number of aryl methyl sites for hydroxylation is 2. The predicted octanol–water partition coefficient (Wildman–Crippen LogP) is 17.3. The molecule has 0 heterocycles. The van der Waals surface area contributed by atoms with Gasteiger partial charge in [0.25, 0.3) is 0 Å². The van der Waals surface area contributed by atoms with Crippen molar-refractivity contribution in [1.82, 2.24) is 0 Å². The first-order valence-corrected chi connectivity index (χ1v) is 24.0. The summed E-state index contributed by atoms with van der Waals surface area (Å²) in [4.78, 5) is 0. The lowest BCUT2D eigenvalue weighted by molar-refractivity contribution is -0.954. The van der Waals surface area contributed by atoms with Crippen molar-refractivity contribution < 1.29 is 4.48 Å². The van der Waals surface area contributed by atoms with Crippen molar-refractivity contribution in [2.75, 3.05) is 13.1 Å². The molecule has 0 saturated heterocycles. The van der Waals surface area contributed by atoms with Gasteiger partial charge < -0.3 is 4.48 Å². The fraction of sp³-hybridized carbons (Fsp3) is 0.769. The fourth-order valence-electron chi connectivity index (χ4n) is 8.77. The summed E-state index contributed by atoms with van der Waals surface area (Å²) in [6.45, 7) is 14.3. The minimum atomic E-state index is 1.18. The van der Waals surface area contributed by atoms with Crippen molar-refractivity contribution in [3.63, 3.8) is 0 Å². The molecule has 0 fully saturated rings. The van der Waals surface area contributed by atoms with Gasteiger partial charge in [0.05, 0.1) is 13.1 Å². The molecular formula is C52H92N+. The summed E-state index contributed by atoms with van der Waals surface area (Å²) < 4.78 is 1.23. The summed E-state index contributed by atoms with van der Waals surface area (Å²) in [5.74, 6) is 0. The van der Waals surface area contributed by atoms with Crippen LogP contribution in [0.1, 0.15) is 242 Å². The van der Waals surface area contributed by atoms with E-state index in [9.17, 15) is 0 Å². The fourth-order valence-corrected chi connectivity index (χ4v) is 8.77. The third kappa shape index (κ3) is 25.2. The van der Waals surface area contributed by atoms with Crippen molar-refractivity contribution in [2.24, 2.45) is 0 Å². The van der Waals surface area contributed by atoms with E-state index in [1.165, 1.54) is 247 Å². The minimum Gasteiger partial charge on any atom is -0.316 e. The van der Waals surface area contributed by atoms with Gasteiger partial charge in [-0.25, -0.2) is 0 Å². The average Bonchev–Trinajstić information content (AvgIpc) is 3.16. The molecule has 0 radical (unpaired) electrons. The van der Waals surface area contributed by atoms with E-state index in [1.54, 1.807) is 11.1 Å². The van der Waals surface area contributed by atoms with E-state index in [-0.39, 0.29) is 0 Å². The highest BCUT2D eigenvalue weighted by molar-refractivity contribution is 5.26. The van der Waals surface area contributed by atoms with Crippen molar-refractivity contribution in [2.45, 2.75) is 246 Å². The molecule has 0 spiro atoms. The third-order valence-corrected chi connectivity index (χ3v) is 12.5. The lowest BCUT2D eigenvalue weighted by atomic mass is 10.0. The van der Waals surface area contributed by atoms with Crippen LogP contribution in [0.4, 0.5) is 0 Å². The summed E-state index contributed by atoms with van der Waals surface area (Å²) in [5, 5.41) is 0. The van der Waals surface area contributed by atoms with Crippen LogP contribution in [0.25, 0.3) is 0 Å². The lowest BCUT2D eigenvalue weighted by Crippen LogP contribution is -2.48. The SMILES string of the molecule is CCCCCCCCCCCCCCCCCC[N+](CCCCCCCCCCCCCCCCCC)(Cc1ccccc1C)Cc1ccccc1C. The van der Waals surface area contributed by atoms with Crippen LogP contribution in [0.3, 0.4) is 0 Å². The van der Waals surface area contributed by atoms with Gasteiger partial charge in [0.15, 0.2) is 0 Å². The smallest absolute Gasteiger partial charge is 0.105 e. The molecule has 53 heavy (non-hydrogen) atoms. The predicted molar refractivity (Wildman–Crippen MR) is 239 cm³/mol. The van der Waals surface area contributed by atoms with Crippen molar-refractivity contribution in [1.29, 1.82) is 0 Å². The Morgan fingerprint density at radius 1 is 0.302 bits per heavy atom. The summed E-state index contributed by atoms with van der Waals surface area (Å²) in [5.41, 5.74) is 6.07. The second-order valence-electron chi connectivity index (χ2n) is 17.6. The first-order chi connectivity index (χ1) is 26.1. The van der Waals surface area contributed by atoms with Crippen LogP contribution in [0, 0.1) is 13.8 Å². The van der Waals surface area contributed by atoms with Crippen LogP contribution < -0.4 is 0 Å². The van der Waals surface area contributed by atoms with Crippen LogP contribution in [-0.4, -0.2) is 17.6 Å². The summed E-state index contributed by atoms with van der Waals surface area (Å²) >= 11 is 0. The highest BCUT2D eigenvalue weighted by Gasteiger charge is 2.29. The normalized spacial score (nSPS) is 11.8. The molecule has 0 atom stereocenters. The monoisotopic (exact) mass is 731 g/mol. The second-order valence-corrected chi connectivity index (χ2v) is 17.6. The van der Waals surface area contributed by atoms with Crippen molar-refractivity contribution in [3.8, 4) is 0 Å². The first kappa shape index (κ1) is 47.6. The summed E-state index contributed by atoms with van der Waals surface area (Å²) in [6.07, 6.45) is 46.1. The maximum atomic E-state index is 2.42. The molecule has 0 unspecified atom stereocenters. The molecule has 1 heteroatoms. The Bertz CT molecular complexity index is 985. The molecule has 0 amide bonds. The number of quaternary nitrogens is 1. The first-order valence-electron chi connectivity index (χ1n) is 24.0.